The first-order valence-corrected chi connectivity index (χ1v) is 7.73. The molecule has 1 N–H and O–H groups in total. The van der Waals surface area contributed by atoms with Gasteiger partial charge in [-0.05, 0) is 29.8 Å². The molecule has 1 aliphatic carbocycles. The Hall–Kier alpha value is -2.60. The third-order valence-corrected chi connectivity index (χ3v) is 4.58. The summed E-state index contributed by atoms with van der Waals surface area (Å²) in [5.41, 5.74) is 1.46. The number of carbonyl (C=O) groups excluding carboxylic acids is 1. The fourth-order valence-corrected chi connectivity index (χ4v) is 3.27. The van der Waals surface area contributed by atoms with Gasteiger partial charge in [-0.25, -0.2) is 9.79 Å². The van der Waals surface area contributed by atoms with Gasteiger partial charge in [0.2, 0.25) is 0 Å². The lowest BCUT2D eigenvalue weighted by atomic mass is 10.0. The number of hydrogen-bond acceptors (Lipinski definition) is 4. The molecule has 1 atom stereocenters. The first-order valence-electron chi connectivity index (χ1n) is 6.85. The summed E-state index contributed by atoms with van der Waals surface area (Å²) >= 11 is 1.36. The zero-order chi connectivity index (χ0) is 16.4. The van der Waals surface area contributed by atoms with E-state index in [0.29, 0.717) is 16.4 Å². The standard InChI is InChI=1S/C17H13NO4S/c1-22-12-4-2-3-10(7-12)8-15-16(19)18-13-9-11(17(20)21)5-6-14(13)23-15/h2-9,14H,1H3,(H,20,21)/b15-8+. The highest BCUT2D eigenvalue weighted by atomic mass is 32.2. The molecule has 1 aromatic carbocycles. The van der Waals surface area contributed by atoms with Crippen molar-refractivity contribution in [2.75, 3.05) is 7.11 Å². The molecule has 0 radical (unpaired) electrons. The Morgan fingerprint density at radius 3 is 3.00 bits per heavy atom. The summed E-state index contributed by atoms with van der Waals surface area (Å²) in [6.45, 7) is 0. The first-order chi connectivity index (χ1) is 11.1. The van der Waals surface area contributed by atoms with Gasteiger partial charge >= 0.3 is 5.97 Å². The van der Waals surface area contributed by atoms with Crippen molar-refractivity contribution in [2.45, 2.75) is 5.25 Å². The number of benzene rings is 1. The number of nitrogens with zero attached hydrogens (tertiary/aromatic N) is 1. The van der Waals surface area contributed by atoms with Gasteiger partial charge in [0.25, 0.3) is 5.91 Å². The molecular weight excluding hydrogens is 314 g/mol. The van der Waals surface area contributed by atoms with E-state index in [1.165, 1.54) is 23.9 Å². The van der Waals surface area contributed by atoms with Gasteiger partial charge in [0.1, 0.15) is 5.75 Å². The van der Waals surface area contributed by atoms with E-state index in [2.05, 4.69) is 4.99 Å². The van der Waals surface area contributed by atoms with Crippen LogP contribution in [0.15, 0.2) is 58.0 Å². The van der Waals surface area contributed by atoms with Crippen molar-refractivity contribution in [1.82, 2.24) is 0 Å². The third-order valence-electron chi connectivity index (χ3n) is 3.38. The van der Waals surface area contributed by atoms with Gasteiger partial charge in [0, 0.05) is 0 Å². The van der Waals surface area contributed by atoms with Crippen LogP contribution in [0.5, 0.6) is 5.75 Å². The molecule has 5 nitrogen and oxygen atoms in total. The van der Waals surface area contributed by atoms with Crippen LogP contribution in [0, 0.1) is 0 Å². The number of fused-ring (bicyclic) bond motifs is 1. The summed E-state index contributed by atoms with van der Waals surface area (Å²) in [7, 11) is 1.59. The predicted octanol–water partition coefficient (Wildman–Crippen LogP) is 2.70. The summed E-state index contributed by atoms with van der Waals surface area (Å²) in [6.07, 6.45) is 6.50. The van der Waals surface area contributed by atoms with Crippen LogP contribution >= 0.6 is 11.8 Å². The van der Waals surface area contributed by atoms with Gasteiger partial charge in [0.15, 0.2) is 0 Å². The molecule has 0 saturated heterocycles. The third kappa shape index (κ3) is 3.27. The lowest BCUT2D eigenvalue weighted by molar-refractivity contribution is -0.132. The highest BCUT2D eigenvalue weighted by Crippen LogP contribution is 2.34. The van der Waals surface area contributed by atoms with Crippen LogP contribution in [0.1, 0.15) is 5.56 Å². The molecule has 1 amide bonds. The van der Waals surface area contributed by atoms with Crippen LogP contribution in [0.25, 0.3) is 6.08 Å². The Kier molecular flexibility index (Phi) is 4.16. The molecule has 1 aliphatic heterocycles. The van der Waals surface area contributed by atoms with E-state index in [9.17, 15) is 9.59 Å². The molecular formula is C17H13NO4S. The predicted molar refractivity (Wildman–Crippen MR) is 89.7 cm³/mol. The topological polar surface area (TPSA) is 76.0 Å². The molecule has 0 bridgehead atoms. The second kappa shape index (κ2) is 6.26. The summed E-state index contributed by atoms with van der Waals surface area (Å²) < 4.78 is 5.17. The fourth-order valence-electron chi connectivity index (χ4n) is 2.25. The van der Waals surface area contributed by atoms with Crippen LogP contribution < -0.4 is 4.74 Å². The van der Waals surface area contributed by atoms with E-state index in [4.69, 9.17) is 9.84 Å². The Balaban J connectivity index is 1.91. The molecule has 116 valence electrons. The monoisotopic (exact) mass is 327 g/mol. The summed E-state index contributed by atoms with van der Waals surface area (Å²) in [4.78, 5) is 27.7. The largest absolute Gasteiger partial charge is 0.497 e. The van der Waals surface area contributed by atoms with Crippen molar-refractivity contribution in [2.24, 2.45) is 4.99 Å². The molecule has 6 heteroatoms. The van der Waals surface area contributed by atoms with Crippen LogP contribution in [0.2, 0.25) is 0 Å². The van der Waals surface area contributed by atoms with Gasteiger partial charge in [-0.2, -0.15) is 0 Å². The average molecular weight is 327 g/mol. The Bertz CT molecular complexity index is 805. The second-order valence-electron chi connectivity index (χ2n) is 4.93. The second-order valence-corrected chi connectivity index (χ2v) is 6.11. The van der Waals surface area contributed by atoms with Crippen molar-refractivity contribution < 1.29 is 19.4 Å². The van der Waals surface area contributed by atoms with E-state index in [0.717, 1.165) is 5.56 Å². The van der Waals surface area contributed by atoms with E-state index >= 15 is 0 Å². The Morgan fingerprint density at radius 2 is 2.26 bits per heavy atom. The number of carboxylic acid groups (broad SMARTS) is 1. The zero-order valence-electron chi connectivity index (χ0n) is 12.2. The first kappa shape index (κ1) is 15.3. The number of methoxy groups -OCH3 is 1. The van der Waals surface area contributed by atoms with Crippen molar-refractivity contribution in [1.29, 1.82) is 0 Å². The maximum atomic E-state index is 12.2. The Labute approximate surface area is 137 Å². The number of amides is 1. The number of thioether (sulfide) groups is 1. The minimum absolute atomic E-state index is 0.133. The number of allylic oxidation sites excluding steroid dienone is 1. The van der Waals surface area contributed by atoms with E-state index < -0.39 is 5.97 Å². The number of carbonyl (C=O) groups is 2. The maximum absolute atomic E-state index is 12.2. The number of aliphatic carboxylic acids is 1. The van der Waals surface area contributed by atoms with Crippen LogP contribution in [0.3, 0.4) is 0 Å². The van der Waals surface area contributed by atoms with Crippen LogP contribution in [-0.4, -0.2) is 35.1 Å². The van der Waals surface area contributed by atoms with Crippen molar-refractivity contribution in [3.05, 3.63) is 58.5 Å². The van der Waals surface area contributed by atoms with Gasteiger partial charge in [-0.15, -0.1) is 11.8 Å². The zero-order valence-corrected chi connectivity index (χ0v) is 13.0. The molecule has 1 heterocycles. The number of rotatable bonds is 3. The van der Waals surface area contributed by atoms with E-state index in [1.807, 2.05) is 24.3 Å². The summed E-state index contributed by atoms with van der Waals surface area (Å²) in [5.74, 6) is -0.679. The molecule has 0 saturated carbocycles. The smallest absolute Gasteiger partial charge is 0.335 e. The molecule has 1 unspecified atom stereocenters. The number of aliphatic imine (C=N–C) groups is 1. The molecule has 1 aromatic rings. The molecule has 0 spiro atoms. The van der Waals surface area contributed by atoms with Gasteiger partial charge < -0.3 is 9.84 Å². The van der Waals surface area contributed by atoms with Crippen molar-refractivity contribution >= 4 is 35.4 Å². The van der Waals surface area contributed by atoms with E-state index in [1.54, 1.807) is 19.3 Å². The van der Waals surface area contributed by atoms with Crippen LogP contribution in [-0.2, 0) is 9.59 Å². The van der Waals surface area contributed by atoms with E-state index in [-0.39, 0.29) is 16.7 Å². The van der Waals surface area contributed by atoms with Crippen LogP contribution in [0.4, 0.5) is 0 Å². The summed E-state index contributed by atoms with van der Waals surface area (Å²) in [5, 5.41) is 8.86. The molecule has 2 aliphatic rings. The normalized spacial score (nSPS) is 21.5. The highest BCUT2D eigenvalue weighted by molar-refractivity contribution is 8.05. The highest BCUT2D eigenvalue weighted by Gasteiger charge is 2.28. The lowest BCUT2D eigenvalue weighted by Gasteiger charge is -2.21. The minimum atomic E-state index is -1.03. The molecule has 3 rings (SSSR count). The van der Waals surface area contributed by atoms with Gasteiger partial charge in [-0.3, -0.25) is 4.79 Å². The lowest BCUT2D eigenvalue weighted by Crippen LogP contribution is -2.24. The number of carboxylic acids is 1. The Morgan fingerprint density at radius 1 is 1.43 bits per heavy atom. The van der Waals surface area contributed by atoms with Gasteiger partial charge in [0.05, 0.1) is 28.5 Å². The van der Waals surface area contributed by atoms with Crippen molar-refractivity contribution in [3.63, 3.8) is 0 Å². The SMILES string of the molecule is COc1cccc(/C=C2/SC3C=CC(C(=O)O)=CC3=NC2=O)c1. The number of ether oxygens (including phenoxy) is 1. The average Bonchev–Trinajstić information content (AvgIpc) is 2.55. The van der Waals surface area contributed by atoms with Gasteiger partial charge in [-0.1, -0.05) is 24.3 Å². The molecule has 0 fully saturated rings. The quantitative estimate of drug-likeness (QED) is 0.864. The fraction of sp³-hybridized carbons (Fsp3) is 0.118. The van der Waals surface area contributed by atoms with Crippen molar-refractivity contribution in [3.8, 4) is 5.75 Å². The molecule has 23 heavy (non-hydrogen) atoms. The maximum Gasteiger partial charge on any atom is 0.335 e. The molecule has 0 aromatic heterocycles. The summed E-state index contributed by atoms with van der Waals surface area (Å²) in [6, 6.07) is 7.39. The minimum Gasteiger partial charge on any atom is -0.497 e. The number of hydrogen-bond donors (Lipinski definition) is 1.